The van der Waals surface area contributed by atoms with Crippen molar-refractivity contribution >= 4 is 17.9 Å². The van der Waals surface area contributed by atoms with E-state index in [1.165, 1.54) is 51.4 Å². The van der Waals surface area contributed by atoms with Crippen LogP contribution in [-0.4, -0.2) is 37.2 Å². The van der Waals surface area contributed by atoms with Gasteiger partial charge in [-0.1, -0.05) is 157 Å². The summed E-state index contributed by atoms with van der Waals surface area (Å²) < 4.78 is 16.5. The van der Waals surface area contributed by atoms with Crippen molar-refractivity contribution in [2.24, 2.45) is 0 Å². The molecule has 300 valence electrons. The van der Waals surface area contributed by atoms with Crippen molar-refractivity contribution in [3.8, 4) is 0 Å². The predicted octanol–water partition coefficient (Wildman–Crippen LogP) is 13.3. The first kappa shape index (κ1) is 49.6. The van der Waals surface area contributed by atoms with E-state index in [9.17, 15) is 14.4 Å². The maximum Gasteiger partial charge on any atom is 0.306 e. The fourth-order valence-electron chi connectivity index (χ4n) is 5.29. The van der Waals surface area contributed by atoms with Gasteiger partial charge in [-0.05, 0) is 83.5 Å². The molecule has 53 heavy (non-hydrogen) atoms. The van der Waals surface area contributed by atoms with Crippen LogP contribution in [0, 0.1) is 0 Å². The molecule has 0 radical (unpaired) electrons. The highest BCUT2D eigenvalue weighted by Crippen LogP contribution is 2.12. The van der Waals surface area contributed by atoms with Crippen LogP contribution in [0.25, 0.3) is 0 Å². The highest BCUT2D eigenvalue weighted by molar-refractivity contribution is 5.71. The minimum atomic E-state index is -0.815. The topological polar surface area (TPSA) is 78.9 Å². The van der Waals surface area contributed by atoms with Gasteiger partial charge in [0.15, 0.2) is 6.10 Å². The molecule has 1 unspecified atom stereocenters. The van der Waals surface area contributed by atoms with Gasteiger partial charge < -0.3 is 14.2 Å². The van der Waals surface area contributed by atoms with E-state index in [4.69, 9.17) is 14.2 Å². The van der Waals surface area contributed by atoms with Gasteiger partial charge in [-0.15, -0.1) is 0 Å². The molecule has 0 saturated heterocycles. The normalized spacial score (nSPS) is 12.9. The summed E-state index contributed by atoms with van der Waals surface area (Å²) in [7, 11) is 0. The summed E-state index contributed by atoms with van der Waals surface area (Å²) in [5.74, 6) is -1.03. The Hall–Kier alpha value is -3.41. The molecule has 0 aromatic heterocycles. The average Bonchev–Trinajstić information content (AvgIpc) is 3.15. The molecule has 0 aromatic carbocycles. The monoisotopic (exact) mass is 737 g/mol. The van der Waals surface area contributed by atoms with E-state index < -0.39 is 6.10 Å². The number of carbonyl (C=O) groups is 3. The molecule has 6 nitrogen and oxygen atoms in total. The second-order valence-corrected chi connectivity index (χ2v) is 13.5. The van der Waals surface area contributed by atoms with Gasteiger partial charge in [-0.25, -0.2) is 0 Å². The van der Waals surface area contributed by atoms with Crippen molar-refractivity contribution in [2.75, 3.05) is 13.2 Å². The maximum absolute atomic E-state index is 12.6. The summed E-state index contributed by atoms with van der Waals surface area (Å²) in [5, 5.41) is 0. The molecule has 0 amide bonds. The summed E-state index contributed by atoms with van der Waals surface area (Å²) in [6.45, 7) is 6.23. The number of rotatable bonds is 36. The van der Waals surface area contributed by atoms with Crippen molar-refractivity contribution in [1.82, 2.24) is 0 Å². The number of esters is 3. The van der Waals surface area contributed by atoms with E-state index in [1.807, 2.05) is 0 Å². The van der Waals surface area contributed by atoms with Crippen molar-refractivity contribution < 1.29 is 28.6 Å². The Balaban J connectivity index is 4.47. The van der Waals surface area contributed by atoms with Gasteiger partial charge in [-0.3, -0.25) is 14.4 Å². The number of hydrogen-bond donors (Lipinski definition) is 0. The Morgan fingerprint density at radius 1 is 0.415 bits per heavy atom. The molecule has 0 aromatic rings. The third-order valence-corrected chi connectivity index (χ3v) is 8.43. The zero-order valence-electron chi connectivity index (χ0n) is 34.0. The third-order valence-electron chi connectivity index (χ3n) is 8.43. The SMILES string of the molecule is CC\C=C/C=C\C=C/CCCCCCCCCC(=O)OCC(COC(=O)CCC/C=C\CCCCCC)OC(=O)CCC/C=C\C/C=C\C/C=C\CC. The number of allylic oxidation sites excluding steroid dienone is 14. The fourth-order valence-corrected chi connectivity index (χ4v) is 5.29. The quantitative estimate of drug-likeness (QED) is 0.0209. The number of carbonyl (C=O) groups excluding carboxylic acids is 3. The van der Waals surface area contributed by atoms with Crippen LogP contribution in [0.15, 0.2) is 85.1 Å². The van der Waals surface area contributed by atoms with Crippen LogP contribution in [0.4, 0.5) is 0 Å². The van der Waals surface area contributed by atoms with Crippen LogP contribution in [0.1, 0.15) is 175 Å². The minimum Gasteiger partial charge on any atom is -0.462 e. The molecular formula is C47H76O6. The molecule has 0 aliphatic carbocycles. The lowest BCUT2D eigenvalue weighted by atomic mass is 10.1. The average molecular weight is 737 g/mol. The molecule has 0 rings (SSSR count). The molecule has 0 aliphatic rings. The van der Waals surface area contributed by atoms with Gasteiger partial charge in [0.2, 0.25) is 0 Å². The number of hydrogen-bond acceptors (Lipinski definition) is 6. The van der Waals surface area contributed by atoms with E-state index in [0.29, 0.717) is 25.7 Å². The fraction of sp³-hybridized carbons (Fsp3) is 0.638. The van der Waals surface area contributed by atoms with E-state index >= 15 is 0 Å². The molecule has 0 spiro atoms. The number of unbranched alkanes of at least 4 members (excludes halogenated alkanes) is 13. The third kappa shape index (κ3) is 39.6. The van der Waals surface area contributed by atoms with Crippen LogP contribution in [0.3, 0.4) is 0 Å². The van der Waals surface area contributed by atoms with E-state index in [0.717, 1.165) is 70.6 Å². The van der Waals surface area contributed by atoms with Gasteiger partial charge in [-0.2, -0.15) is 0 Å². The molecule has 0 heterocycles. The van der Waals surface area contributed by atoms with Gasteiger partial charge in [0.25, 0.3) is 0 Å². The first-order valence-electron chi connectivity index (χ1n) is 21.1. The largest absolute Gasteiger partial charge is 0.462 e. The lowest BCUT2D eigenvalue weighted by Gasteiger charge is -2.18. The van der Waals surface area contributed by atoms with Crippen LogP contribution in [-0.2, 0) is 28.6 Å². The Morgan fingerprint density at radius 3 is 1.45 bits per heavy atom. The summed E-state index contributed by atoms with van der Waals surface area (Å²) in [6.07, 6.45) is 51.6. The second-order valence-electron chi connectivity index (χ2n) is 13.5. The van der Waals surface area contributed by atoms with Crippen molar-refractivity contribution in [2.45, 2.75) is 181 Å². The molecule has 0 fully saturated rings. The molecule has 1 atom stereocenters. The molecule has 0 N–H and O–H groups in total. The summed E-state index contributed by atoms with van der Waals surface area (Å²) in [5.41, 5.74) is 0. The van der Waals surface area contributed by atoms with E-state index in [1.54, 1.807) is 0 Å². The first-order chi connectivity index (χ1) is 26.0. The van der Waals surface area contributed by atoms with Crippen LogP contribution < -0.4 is 0 Å². The molecule has 6 heteroatoms. The number of ether oxygens (including phenoxy) is 3. The van der Waals surface area contributed by atoms with Gasteiger partial charge in [0, 0.05) is 19.3 Å². The Labute approximate surface area is 325 Å². The molecule has 0 bridgehead atoms. The molecular weight excluding hydrogens is 661 g/mol. The van der Waals surface area contributed by atoms with Gasteiger partial charge in [0.05, 0.1) is 0 Å². The highest BCUT2D eigenvalue weighted by atomic mass is 16.6. The van der Waals surface area contributed by atoms with E-state index in [2.05, 4.69) is 106 Å². The van der Waals surface area contributed by atoms with Crippen molar-refractivity contribution in [3.63, 3.8) is 0 Å². The molecule has 0 aliphatic heterocycles. The standard InChI is InChI=1S/C47H76O6/c1-4-7-10-13-16-19-21-22-23-24-26-28-31-34-37-40-46(49)52-43-44(42-51-45(48)39-36-33-30-27-18-15-12-9-6-3)53-47(50)41-38-35-32-29-25-20-17-14-11-8-5-2/h7-8,10-11,13,16-17,19-21,27,29-30,32,44H,4-6,9,12,14-15,18,22-26,28,31,33-43H2,1-3H3/b10-7-,11-8-,16-13-,20-17-,21-19-,30-27-,32-29-. The van der Waals surface area contributed by atoms with E-state index in [-0.39, 0.29) is 37.5 Å². The second kappa shape index (κ2) is 41.3. The summed E-state index contributed by atoms with van der Waals surface area (Å²) in [4.78, 5) is 37.5. The smallest absolute Gasteiger partial charge is 0.306 e. The summed E-state index contributed by atoms with van der Waals surface area (Å²) >= 11 is 0. The van der Waals surface area contributed by atoms with Crippen molar-refractivity contribution in [1.29, 1.82) is 0 Å². The lowest BCUT2D eigenvalue weighted by Crippen LogP contribution is -2.30. The Morgan fingerprint density at radius 2 is 0.849 bits per heavy atom. The predicted molar refractivity (Wildman–Crippen MR) is 224 cm³/mol. The Bertz CT molecular complexity index is 1080. The minimum absolute atomic E-state index is 0.113. The van der Waals surface area contributed by atoms with Crippen LogP contribution in [0.5, 0.6) is 0 Å². The zero-order valence-corrected chi connectivity index (χ0v) is 34.0. The molecule has 0 saturated carbocycles. The van der Waals surface area contributed by atoms with Crippen LogP contribution >= 0.6 is 0 Å². The van der Waals surface area contributed by atoms with Crippen molar-refractivity contribution in [3.05, 3.63) is 85.1 Å². The first-order valence-corrected chi connectivity index (χ1v) is 21.1. The maximum atomic E-state index is 12.6. The van der Waals surface area contributed by atoms with Gasteiger partial charge >= 0.3 is 17.9 Å². The Kier molecular flexibility index (Phi) is 38.7. The highest BCUT2D eigenvalue weighted by Gasteiger charge is 2.19. The van der Waals surface area contributed by atoms with Gasteiger partial charge in [0.1, 0.15) is 13.2 Å². The summed E-state index contributed by atoms with van der Waals surface area (Å²) in [6, 6.07) is 0. The zero-order chi connectivity index (χ0) is 38.7. The van der Waals surface area contributed by atoms with Crippen LogP contribution in [0.2, 0.25) is 0 Å². The lowest BCUT2D eigenvalue weighted by molar-refractivity contribution is -0.167.